The number of rotatable bonds is 3. The molecule has 1 aromatic heterocycles. The van der Waals surface area contributed by atoms with E-state index in [9.17, 15) is 18.0 Å². The maximum absolute atomic E-state index is 12.9. The van der Waals surface area contributed by atoms with Gasteiger partial charge in [-0.15, -0.1) is 0 Å². The second-order valence-electron chi connectivity index (χ2n) is 7.35. The highest BCUT2D eigenvalue weighted by atomic mass is 19.4. The molecule has 0 spiro atoms. The number of nitrogens with zero attached hydrogens (tertiary/aromatic N) is 3. The van der Waals surface area contributed by atoms with Crippen LogP contribution in [-0.4, -0.2) is 48.4 Å². The van der Waals surface area contributed by atoms with E-state index in [2.05, 4.69) is 0 Å². The van der Waals surface area contributed by atoms with Crippen LogP contribution in [0.15, 0.2) is 23.0 Å². The number of aromatic nitrogens is 1. The number of fused-ring (bicyclic) bond motifs is 1. The van der Waals surface area contributed by atoms with E-state index in [0.29, 0.717) is 37.4 Å². The molecule has 0 amide bonds. The molecule has 8 heteroatoms. The van der Waals surface area contributed by atoms with Crippen LogP contribution >= 0.6 is 0 Å². The first-order valence-electron chi connectivity index (χ1n) is 9.01. The fourth-order valence-electron chi connectivity index (χ4n) is 3.74. The van der Waals surface area contributed by atoms with Gasteiger partial charge in [-0.2, -0.15) is 13.2 Å². The van der Waals surface area contributed by atoms with Crippen molar-refractivity contribution < 1.29 is 13.2 Å². The molecule has 1 aliphatic heterocycles. The summed E-state index contributed by atoms with van der Waals surface area (Å²) >= 11 is 0. The molecule has 1 fully saturated rings. The van der Waals surface area contributed by atoms with E-state index in [-0.39, 0.29) is 11.6 Å². The smallest absolute Gasteiger partial charge is 0.355 e. The summed E-state index contributed by atoms with van der Waals surface area (Å²) in [6.07, 6.45) is -4.19. The van der Waals surface area contributed by atoms with Crippen LogP contribution in [0.1, 0.15) is 24.1 Å². The normalized spacial score (nSPS) is 17.5. The molecule has 1 saturated heterocycles. The maximum atomic E-state index is 12.9. The largest absolute Gasteiger partial charge is 0.401 e. The first-order valence-corrected chi connectivity index (χ1v) is 9.01. The summed E-state index contributed by atoms with van der Waals surface area (Å²) in [5.74, 6) is 0.713. The van der Waals surface area contributed by atoms with Crippen LogP contribution in [0.2, 0.25) is 0 Å². The molecule has 1 aromatic carbocycles. The van der Waals surface area contributed by atoms with E-state index in [4.69, 9.17) is 5.73 Å². The zero-order valence-electron chi connectivity index (χ0n) is 15.8. The summed E-state index contributed by atoms with van der Waals surface area (Å²) in [6.45, 7) is 4.40. The Hall–Kier alpha value is -2.06. The second kappa shape index (κ2) is 7.16. The number of piperazine rings is 1. The lowest BCUT2D eigenvalue weighted by molar-refractivity contribution is -0.146. The van der Waals surface area contributed by atoms with Gasteiger partial charge in [0, 0.05) is 44.7 Å². The summed E-state index contributed by atoms with van der Waals surface area (Å²) in [5, 5.41) is 1.43. The Balaban J connectivity index is 1.96. The summed E-state index contributed by atoms with van der Waals surface area (Å²) in [4.78, 5) is 16.3. The van der Waals surface area contributed by atoms with E-state index in [1.165, 1.54) is 4.90 Å². The van der Waals surface area contributed by atoms with E-state index < -0.39 is 12.7 Å². The van der Waals surface area contributed by atoms with Gasteiger partial charge in [0.25, 0.3) is 5.56 Å². The molecule has 0 saturated carbocycles. The number of pyridine rings is 1. The number of nitrogens with two attached hydrogens (primary N) is 1. The number of benzene rings is 1. The summed E-state index contributed by atoms with van der Waals surface area (Å²) in [7, 11) is 1.70. The molecule has 3 rings (SSSR count). The van der Waals surface area contributed by atoms with Crippen molar-refractivity contribution in [3.05, 3.63) is 39.7 Å². The van der Waals surface area contributed by atoms with Gasteiger partial charge in [-0.1, -0.05) is 6.07 Å². The maximum Gasteiger partial charge on any atom is 0.401 e. The predicted octanol–water partition coefficient (Wildman–Crippen LogP) is 2.55. The molecule has 27 heavy (non-hydrogen) atoms. The van der Waals surface area contributed by atoms with Crippen molar-refractivity contribution in [1.82, 2.24) is 9.47 Å². The van der Waals surface area contributed by atoms with Crippen molar-refractivity contribution in [3.8, 4) is 0 Å². The van der Waals surface area contributed by atoms with Gasteiger partial charge in [-0.05, 0) is 42.5 Å². The van der Waals surface area contributed by atoms with Gasteiger partial charge < -0.3 is 10.6 Å². The van der Waals surface area contributed by atoms with Crippen LogP contribution < -0.4 is 16.2 Å². The van der Waals surface area contributed by atoms with Gasteiger partial charge >= 0.3 is 6.18 Å². The molecular weight excluding hydrogens is 357 g/mol. The van der Waals surface area contributed by atoms with Gasteiger partial charge in [0.15, 0.2) is 0 Å². The molecule has 2 aromatic rings. The zero-order chi connectivity index (χ0) is 19.9. The SMILES string of the molecule is Cc1cc([C@@H](C)N)c2cc(N3CCN(CC(F)(F)F)CC3)n(C)c(=O)c2c1. The number of anilines is 1. The minimum atomic E-state index is -4.19. The van der Waals surface area contributed by atoms with Crippen molar-refractivity contribution >= 4 is 16.6 Å². The van der Waals surface area contributed by atoms with Gasteiger partial charge in [-0.3, -0.25) is 14.3 Å². The quantitative estimate of drug-likeness (QED) is 0.887. The second-order valence-corrected chi connectivity index (χ2v) is 7.35. The van der Waals surface area contributed by atoms with E-state index >= 15 is 0 Å². The topological polar surface area (TPSA) is 54.5 Å². The van der Waals surface area contributed by atoms with Gasteiger partial charge in [0.1, 0.15) is 5.82 Å². The number of hydrogen-bond donors (Lipinski definition) is 1. The average Bonchev–Trinajstić information content (AvgIpc) is 2.57. The van der Waals surface area contributed by atoms with Crippen LogP contribution in [0.4, 0.5) is 19.0 Å². The summed E-state index contributed by atoms with van der Waals surface area (Å²) in [6, 6.07) is 5.55. The van der Waals surface area contributed by atoms with Crippen molar-refractivity contribution in [1.29, 1.82) is 0 Å². The molecule has 2 heterocycles. The molecule has 1 atom stereocenters. The molecular formula is C19H25F3N4O. The zero-order valence-corrected chi connectivity index (χ0v) is 15.8. The number of aryl methyl sites for hydroxylation is 1. The highest BCUT2D eigenvalue weighted by molar-refractivity contribution is 5.88. The fourth-order valence-corrected chi connectivity index (χ4v) is 3.74. The Morgan fingerprint density at radius 3 is 2.30 bits per heavy atom. The van der Waals surface area contributed by atoms with Gasteiger partial charge in [0.05, 0.1) is 6.54 Å². The molecule has 148 valence electrons. The van der Waals surface area contributed by atoms with E-state index in [1.54, 1.807) is 11.6 Å². The molecule has 0 aliphatic carbocycles. The lowest BCUT2D eigenvalue weighted by Gasteiger charge is -2.37. The minimum Gasteiger partial charge on any atom is -0.355 e. The average molecular weight is 382 g/mol. The number of hydrogen-bond acceptors (Lipinski definition) is 4. The Kier molecular flexibility index (Phi) is 5.22. The number of alkyl halides is 3. The standard InChI is InChI=1S/C19H25F3N4O/c1-12-8-14(13(2)23)15-10-17(24(3)18(27)16(15)9-12)26-6-4-25(5-7-26)11-19(20,21)22/h8-10,13H,4-7,11,23H2,1-3H3/t13-/m1/s1. The molecule has 2 N–H and O–H groups in total. The third-order valence-corrected chi connectivity index (χ3v) is 5.10. The van der Waals surface area contributed by atoms with Crippen LogP contribution in [0.3, 0.4) is 0 Å². The Morgan fingerprint density at radius 1 is 1.11 bits per heavy atom. The third kappa shape index (κ3) is 4.11. The van der Waals surface area contributed by atoms with Crippen LogP contribution in [-0.2, 0) is 7.05 Å². The molecule has 0 radical (unpaired) electrons. The third-order valence-electron chi connectivity index (χ3n) is 5.10. The molecule has 0 unspecified atom stereocenters. The Labute approximate surface area is 156 Å². The monoisotopic (exact) mass is 382 g/mol. The lowest BCUT2D eigenvalue weighted by atomic mass is 9.98. The molecule has 0 bridgehead atoms. The molecule has 1 aliphatic rings. The van der Waals surface area contributed by atoms with Crippen LogP contribution in [0, 0.1) is 6.92 Å². The number of halogens is 3. The predicted molar refractivity (Wildman–Crippen MR) is 101 cm³/mol. The first kappa shape index (κ1) is 19.7. The van der Waals surface area contributed by atoms with E-state index in [0.717, 1.165) is 16.5 Å². The Morgan fingerprint density at radius 2 is 1.74 bits per heavy atom. The summed E-state index contributed by atoms with van der Waals surface area (Å²) in [5.41, 5.74) is 7.86. The minimum absolute atomic E-state index is 0.120. The highest BCUT2D eigenvalue weighted by Gasteiger charge is 2.32. The first-order chi connectivity index (χ1) is 12.6. The van der Waals surface area contributed by atoms with Crippen molar-refractivity contribution in [2.45, 2.75) is 26.1 Å². The van der Waals surface area contributed by atoms with Crippen LogP contribution in [0.25, 0.3) is 10.8 Å². The van der Waals surface area contributed by atoms with Gasteiger partial charge in [0.2, 0.25) is 0 Å². The van der Waals surface area contributed by atoms with Crippen LogP contribution in [0.5, 0.6) is 0 Å². The highest BCUT2D eigenvalue weighted by Crippen LogP contribution is 2.27. The van der Waals surface area contributed by atoms with Crippen molar-refractivity contribution in [2.24, 2.45) is 12.8 Å². The molecule has 5 nitrogen and oxygen atoms in total. The van der Waals surface area contributed by atoms with Gasteiger partial charge in [-0.25, -0.2) is 0 Å². The lowest BCUT2D eigenvalue weighted by Crippen LogP contribution is -2.50. The van der Waals surface area contributed by atoms with Crippen molar-refractivity contribution in [2.75, 3.05) is 37.6 Å². The fraction of sp³-hybridized carbons (Fsp3) is 0.526. The van der Waals surface area contributed by atoms with E-state index in [1.807, 2.05) is 36.9 Å². The Bertz CT molecular complexity index is 896. The van der Waals surface area contributed by atoms with Crippen molar-refractivity contribution in [3.63, 3.8) is 0 Å². The summed E-state index contributed by atoms with van der Waals surface area (Å²) < 4.78 is 39.4.